The molecule has 0 aliphatic rings. The second-order valence-corrected chi connectivity index (χ2v) is 5.77. The second kappa shape index (κ2) is 9.92. The highest BCUT2D eigenvalue weighted by atomic mass is 127. The average Bonchev–Trinajstić information content (AvgIpc) is 2.45. The van der Waals surface area contributed by atoms with E-state index in [0.717, 1.165) is 5.56 Å². The number of methoxy groups -OCH3 is 1. The molecule has 9 heteroatoms. The van der Waals surface area contributed by atoms with Crippen LogP contribution in [-0.4, -0.2) is 41.7 Å². The number of halogens is 1. The summed E-state index contributed by atoms with van der Waals surface area (Å²) in [5.41, 5.74) is 6.32. The Kier molecular flexibility index (Phi) is 9.49. The number of benzene rings is 1. The standard InChI is InChI=1S/C12H20N4O3S.HI/c1-14-12(13)15-9-10-4-3-5-11(8-10)20(17,18)16-6-7-19-2;/h3-5,8,16H,6-7,9H2,1-2H3,(H3,13,14,15);1H. The highest BCUT2D eigenvalue weighted by Crippen LogP contribution is 2.11. The molecule has 0 unspecified atom stereocenters. The minimum atomic E-state index is -3.52. The van der Waals surface area contributed by atoms with Crippen molar-refractivity contribution in [2.75, 3.05) is 27.3 Å². The fourth-order valence-electron chi connectivity index (χ4n) is 1.46. The van der Waals surface area contributed by atoms with Crippen molar-refractivity contribution in [3.63, 3.8) is 0 Å². The number of nitrogens with two attached hydrogens (primary N) is 1. The summed E-state index contributed by atoms with van der Waals surface area (Å²) < 4.78 is 31.3. The summed E-state index contributed by atoms with van der Waals surface area (Å²) in [4.78, 5) is 3.97. The van der Waals surface area contributed by atoms with Gasteiger partial charge < -0.3 is 15.8 Å². The van der Waals surface area contributed by atoms with Gasteiger partial charge in [-0.2, -0.15) is 0 Å². The third-order valence-corrected chi connectivity index (χ3v) is 3.98. The number of aliphatic imine (C=N–C) groups is 1. The number of hydrogen-bond acceptors (Lipinski definition) is 4. The summed E-state index contributed by atoms with van der Waals surface area (Å²) in [6.45, 7) is 0.964. The molecule has 1 aromatic carbocycles. The van der Waals surface area contributed by atoms with Gasteiger partial charge in [0.2, 0.25) is 10.0 Å². The van der Waals surface area contributed by atoms with Gasteiger partial charge in [0, 0.05) is 27.2 Å². The molecule has 0 spiro atoms. The molecule has 0 aliphatic heterocycles. The molecule has 0 atom stereocenters. The summed E-state index contributed by atoms with van der Waals surface area (Å²) >= 11 is 0. The lowest BCUT2D eigenvalue weighted by Crippen LogP contribution is -2.31. The maximum absolute atomic E-state index is 12.0. The van der Waals surface area contributed by atoms with E-state index in [0.29, 0.717) is 19.1 Å². The average molecular weight is 428 g/mol. The largest absolute Gasteiger partial charge is 0.383 e. The molecule has 21 heavy (non-hydrogen) atoms. The second-order valence-electron chi connectivity index (χ2n) is 4.00. The smallest absolute Gasteiger partial charge is 0.240 e. The number of hydrogen-bond donors (Lipinski definition) is 3. The first-order chi connectivity index (χ1) is 9.49. The van der Waals surface area contributed by atoms with Gasteiger partial charge in [-0.1, -0.05) is 12.1 Å². The maximum Gasteiger partial charge on any atom is 0.240 e. The molecule has 0 bridgehead atoms. The molecule has 0 saturated carbocycles. The zero-order chi connectivity index (χ0) is 15.0. The summed E-state index contributed by atoms with van der Waals surface area (Å²) in [6, 6.07) is 6.62. The van der Waals surface area contributed by atoms with Gasteiger partial charge in [-0.3, -0.25) is 4.99 Å². The van der Waals surface area contributed by atoms with Gasteiger partial charge in [-0.15, -0.1) is 24.0 Å². The first kappa shape index (κ1) is 20.1. The molecule has 0 aliphatic carbocycles. The molecule has 0 heterocycles. The molecule has 7 nitrogen and oxygen atoms in total. The Morgan fingerprint density at radius 3 is 2.76 bits per heavy atom. The lowest BCUT2D eigenvalue weighted by molar-refractivity contribution is 0.204. The van der Waals surface area contributed by atoms with Gasteiger partial charge in [0.05, 0.1) is 11.5 Å². The Hall–Kier alpha value is -0.910. The quantitative estimate of drug-likeness (QED) is 0.250. The normalized spacial score (nSPS) is 11.8. The molecule has 0 fully saturated rings. The minimum absolute atomic E-state index is 0. The summed E-state index contributed by atoms with van der Waals surface area (Å²) in [5, 5.41) is 2.87. The molecule has 0 saturated heterocycles. The van der Waals surface area contributed by atoms with E-state index in [1.807, 2.05) is 6.07 Å². The molecular weight excluding hydrogens is 407 g/mol. The lowest BCUT2D eigenvalue weighted by Gasteiger charge is -2.09. The van der Waals surface area contributed by atoms with Crippen LogP contribution in [0.25, 0.3) is 0 Å². The van der Waals surface area contributed by atoms with Crippen LogP contribution in [0.4, 0.5) is 0 Å². The van der Waals surface area contributed by atoms with E-state index < -0.39 is 10.0 Å². The third-order valence-electron chi connectivity index (χ3n) is 2.52. The van der Waals surface area contributed by atoms with E-state index in [-0.39, 0.29) is 35.4 Å². The Balaban J connectivity index is 0.00000400. The predicted molar refractivity (Wildman–Crippen MR) is 93.3 cm³/mol. The van der Waals surface area contributed by atoms with E-state index in [9.17, 15) is 8.42 Å². The van der Waals surface area contributed by atoms with Crippen LogP contribution >= 0.6 is 24.0 Å². The number of nitrogens with zero attached hydrogens (tertiary/aromatic N) is 1. The maximum atomic E-state index is 12.0. The van der Waals surface area contributed by atoms with Gasteiger partial charge in [-0.25, -0.2) is 13.1 Å². The van der Waals surface area contributed by atoms with Crippen molar-refractivity contribution in [2.45, 2.75) is 11.4 Å². The van der Waals surface area contributed by atoms with E-state index in [1.54, 1.807) is 19.2 Å². The van der Waals surface area contributed by atoms with Crippen LogP contribution in [0.5, 0.6) is 0 Å². The number of ether oxygens (including phenoxy) is 1. The lowest BCUT2D eigenvalue weighted by atomic mass is 10.2. The van der Waals surface area contributed by atoms with Gasteiger partial charge in [0.25, 0.3) is 0 Å². The van der Waals surface area contributed by atoms with Crippen molar-refractivity contribution in [2.24, 2.45) is 10.7 Å². The SMILES string of the molecule is CN=C(N)NCc1cccc(S(=O)(=O)NCCOC)c1.I. The van der Waals surface area contributed by atoms with Crippen LogP contribution in [0.15, 0.2) is 34.2 Å². The van der Waals surface area contributed by atoms with E-state index in [1.165, 1.54) is 13.2 Å². The molecule has 0 aromatic heterocycles. The Morgan fingerprint density at radius 1 is 1.43 bits per heavy atom. The minimum Gasteiger partial charge on any atom is -0.383 e. The highest BCUT2D eigenvalue weighted by molar-refractivity contribution is 14.0. The van der Waals surface area contributed by atoms with Crippen molar-refractivity contribution in [3.05, 3.63) is 29.8 Å². The molecule has 1 rings (SSSR count). The van der Waals surface area contributed by atoms with Crippen LogP contribution in [-0.2, 0) is 21.3 Å². The van der Waals surface area contributed by atoms with Gasteiger partial charge in [-0.05, 0) is 17.7 Å². The number of sulfonamides is 1. The van der Waals surface area contributed by atoms with Crippen LogP contribution in [0.2, 0.25) is 0 Å². The summed E-state index contributed by atoms with van der Waals surface area (Å²) in [5.74, 6) is 0.302. The third kappa shape index (κ3) is 7.07. The topological polar surface area (TPSA) is 106 Å². The molecule has 0 radical (unpaired) electrons. The van der Waals surface area contributed by atoms with E-state index in [2.05, 4.69) is 15.0 Å². The molecule has 0 amide bonds. The van der Waals surface area contributed by atoms with Crippen LogP contribution in [0.3, 0.4) is 0 Å². The first-order valence-electron chi connectivity index (χ1n) is 6.03. The number of nitrogens with one attached hydrogen (secondary N) is 2. The zero-order valence-corrected chi connectivity index (χ0v) is 15.1. The van der Waals surface area contributed by atoms with Crippen molar-refractivity contribution in [1.29, 1.82) is 0 Å². The summed E-state index contributed by atoms with van der Waals surface area (Å²) in [7, 11) is -0.432. The van der Waals surface area contributed by atoms with E-state index in [4.69, 9.17) is 10.5 Å². The molecular formula is C12H21IN4O3S. The number of rotatable bonds is 7. The van der Waals surface area contributed by atoms with Crippen molar-refractivity contribution in [3.8, 4) is 0 Å². The molecule has 4 N–H and O–H groups in total. The Bertz CT molecular complexity index is 563. The zero-order valence-electron chi connectivity index (χ0n) is 12.0. The van der Waals surface area contributed by atoms with Crippen LogP contribution in [0, 0.1) is 0 Å². The number of guanidine groups is 1. The fourth-order valence-corrected chi connectivity index (χ4v) is 2.54. The molecule has 1 aromatic rings. The van der Waals surface area contributed by atoms with Crippen molar-refractivity contribution in [1.82, 2.24) is 10.0 Å². The van der Waals surface area contributed by atoms with Crippen LogP contribution < -0.4 is 15.8 Å². The van der Waals surface area contributed by atoms with E-state index >= 15 is 0 Å². The monoisotopic (exact) mass is 428 g/mol. The van der Waals surface area contributed by atoms with Gasteiger partial charge in [0.15, 0.2) is 5.96 Å². The van der Waals surface area contributed by atoms with Crippen molar-refractivity contribution >= 4 is 40.0 Å². The molecule has 120 valence electrons. The first-order valence-corrected chi connectivity index (χ1v) is 7.51. The fraction of sp³-hybridized carbons (Fsp3) is 0.417. The predicted octanol–water partition coefficient (Wildman–Crippen LogP) is 0.263. The Labute approximate surface area is 142 Å². The van der Waals surface area contributed by atoms with Gasteiger partial charge >= 0.3 is 0 Å². The van der Waals surface area contributed by atoms with Gasteiger partial charge in [0.1, 0.15) is 0 Å². The summed E-state index contributed by atoms with van der Waals surface area (Å²) in [6.07, 6.45) is 0. The highest BCUT2D eigenvalue weighted by Gasteiger charge is 2.13. The van der Waals surface area contributed by atoms with Crippen molar-refractivity contribution < 1.29 is 13.2 Å². The van der Waals surface area contributed by atoms with Crippen LogP contribution in [0.1, 0.15) is 5.56 Å². The Morgan fingerprint density at radius 2 is 2.14 bits per heavy atom.